The van der Waals surface area contributed by atoms with Gasteiger partial charge in [0.1, 0.15) is 0 Å². The predicted molar refractivity (Wildman–Crippen MR) is 11.5 cm³/mol. The second-order valence-corrected chi connectivity index (χ2v) is 0. The normalized spacial score (nSPS) is 0. The first kappa shape index (κ1) is 40.1. The van der Waals surface area contributed by atoms with Crippen molar-refractivity contribution in [2.24, 2.45) is 0 Å². The zero-order chi connectivity index (χ0) is 0. The SMILES string of the molecule is [Al].[Fe].[Si].[V]. The molecule has 0 aromatic carbocycles. The van der Waals surface area contributed by atoms with Gasteiger partial charge in [0.25, 0.3) is 0 Å². The van der Waals surface area contributed by atoms with Crippen LogP contribution in [0.25, 0.3) is 0 Å². The van der Waals surface area contributed by atoms with Crippen molar-refractivity contribution >= 4 is 28.3 Å². The van der Waals surface area contributed by atoms with Crippen LogP contribution in [-0.4, -0.2) is 28.3 Å². The van der Waals surface area contributed by atoms with E-state index in [0.29, 0.717) is 0 Å². The van der Waals surface area contributed by atoms with E-state index in [-0.39, 0.29) is 64.0 Å². The first-order chi connectivity index (χ1) is 0. The summed E-state index contributed by atoms with van der Waals surface area (Å²) in [5, 5.41) is 0. The molecule has 0 atom stereocenters. The van der Waals surface area contributed by atoms with E-state index in [2.05, 4.69) is 0 Å². The molecule has 0 saturated carbocycles. The fraction of sp³-hybridized carbons (Fsp3) is 0. The summed E-state index contributed by atoms with van der Waals surface area (Å²) in [6.45, 7) is 0. The summed E-state index contributed by atoms with van der Waals surface area (Å²) in [6.07, 6.45) is 0. The molecular formula is AlFeSiV. The molecule has 0 fully saturated rings. The van der Waals surface area contributed by atoms with E-state index in [1.54, 1.807) is 0 Å². The Kier molecular flexibility index (Phi) is 211. The van der Waals surface area contributed by atoms with Crippen LogP contribution in [0.5, 0.6) is 0 Å². The van der Waals surface area contributed by atoms with Gasteiger partial charge in [-0.05, 0) is 0 Å². The summed E-state index contributed by atoms with van der Waals surface area (Å²) in [6, 6.07) is 0. The van der Waals surface area contributed by atoms with Crippen LogP contribution in [0.4, 0.5) is 0 Å². The summed E-state index contributed by atoms with van der Waals surface area (Å²) in [5.74, 6) is 0. The quantitative estimate of drug-likeness (QED) is 0.410. The minimum atomic E-state index is 0. The standard InChI is InChI=1S/Al.Fe.Si.V. The van der Waals surface area contributed by atoms with E-state index in [9.17, 15) is 0 Å². The molecule has 0 aromatic rings. The Hall–Kier alpha value is 1.85. The topological polar surface area (TPSA) is 0 Å². The van der Waals surface area contributed by atoms with E-state index in [1.807, 2.05) is 0 Å². The molecule has 0 aromatic heterocycles. The molecule has 0 unspecified atom stereocenters. The monoisotopic (exact) mass is 162 g/mol. The van der Waals surface area contributed by atoms with Crippen molar-refractivity contribution in [1.82, 2.24) is 0 Å². The Morgan fingerprint density at radius 2 is 1.00 bits per heavy atom. The van der Waals surface area contributed by atoms with Crippen LogP contribution in [0.2, 0.25) is 0 Å². The van der Waals surface area contributed by atoms with Crippen LogP contribution in [0, 0.1) is 0 Å². The van der Waals surface area contributed by atoms with Gasteiger partial charge in [0.15, 0.2) is 0 Å². The summed E-state index contributed by atoms with van der Waals surface area (Å²) < 4.78 is 0. The molecule has 0 saturated heterocycles. The maximum absolute atomic E-state index is 0. The molecule has 0 heterocycles. The van der Waals surface area contributed by atoms with Crippen molar-refractivity contribution in [2.75, 3.05) is 0 Å². The van der Waals surface area contributed by atoms with Gasteiger partial charge >= 0.3 is 0 Å². The second-order valence-electron chi connectivity index (χ2n) is 0. The van der Waals surface area contributed by atoms with Crippen molar-refractivity contribution < 1.29 is 35.6 Å². The van der Waals surface area contributed by atoms with E-state index >= 15 is 0 Å². The van der Waals surface area contributed by atoms with Gasteiger partial charge in [0.2, 0.25) is 0 Å². The molecule has 0 N–H and O–H groups in total. The average molecular weight is 162 g/mol. The molecule has 0 aliphatic rings. The summed E-state index contributed by atoms with van der Waals surface area (Å²) in [7, 11) is 0. The molecule has 0 spiro atoms. The fourth-order valence-corrected chi connectivity index (χ4v) is 0. The van der Waals surface area contributed by atoms with Crippen molar-refractivity contribution in [3.8, 4) is 0 Å². The van der Waals surface area contributed by atoms with E-state index in [1.165, 1.54) is 0 Å². The van der Waals surface area contributed by atoms with Crippen LogP contribution in [-0.2, 0) is 35.6 Å². The third-order valence-electron chi connectivity index (χ3n) is 0. The second kappa shape index (κ2) is 21.0. The fourth-order valence-electron chi connectivity index (χ4n) is 0. The first-order valence-corrected chi connectivity index (χ1v) is 0. The van der Waals surface area contributed by atoms with Crippen molar-refractivity contribution in [3.05, 3.63) is 0 Å². The Morgan fingerprint density at radius 3 is 1.00 bits per heavy atom. The summed E-state index contributed by atoms with van der Waals surface area (Å²) in [4.78, 5) is 0. The third kappa shape index (κ3) is 9.13. The van der Waals surface area contributed by atoms with Gasteiger partial charge < -0.3 is 0 Å². The van der Waals surface area contributed by atoms with Crippen LogP contribution in [0.1, 0.15) is 0 Å². The maximum atomic E-state index is 0. The molecule has 0 rings (SSSR count). The summed E-state index contributed by atoms with van der Waals surface area (Å²) in [5.41, 5.74) is 0. The Balaban J connectivity index is 0. The van der Waals surface area contributed by atoms with Crippen molar-refractivity contribution in [3.63, 3.8) is 0 Å². The van der Waals surface area contributed by atoms with Crippen LogP contribution < -0.4 is 0 Å². The summed E-state index contributed by atoms with van der Waals surface area (Å²) >= 11 is 0. The minimum Gasteiger partial charge on any atom is 0 e. The number of rotatable bonds is 0. The van der Waals surface area contributed by atoms with Gasteiger partial charge in [-0.3, -0.25) is 0 Å². The van der Waals surface area contributed by atoms with Gasteiger partial charge in [0, 0.05) is 64.0 Å². The molecule has 0 amide bonds. The van der Waals surface area contributed by atoms with Gasteiger partial charge in [0.05, 0.1) is 0 Å². The van der Waals surface area contributed by atoms with Crippen LogP contribution in [0.15, 0.2) is 0 Å². The zero-order valence-electron chi connectivity index (χ0n) is 1.88. The third-order valence-corrected chi connectivity index (χ3v) is 0. The predicted octanol–water partition coefficient (Wildman–Crippen LogP) is -0.767. The maximum Gasteiger partial charge on any atom is 0 e. The number of hydrogen-bond acceptors (Lipinski definition) is 0. The van der Waals surface area contributed by atoms with Crippen LogP contribution >= 0.6 is 0 Å². The molecule has 0 bridgehead atoms. The van der Waals surface area contributed by atoms with Crippen molar-refractivity contribution in [2.45, 2.75) is 0 Å². The Bertz CT molecular complexity index is 8.00. The van der Waals surface area contributed by atoms with Gasteiger partial charge in [-0.15, -0.1) is 0 Å². The van der Waals surface area contributed by atoms with E-state index in [4.69, 9.17) is 0 Å². The minimum absolute atomic E-state index is 0. The Morgan fingerprint density at radius 1 is 1.00 bits per heavy atom. The molecule has 4 heavy (non-hydrogen) atoms. The Labute approximate surface area is 63.6 Å². The molecule has 8 radical (unpaired) electrons. The van der Waals surface area contributed by atoms with E-state index < -0.39 is 0 Å². The first-order valence-electron chi connectivity index (χ1n) is 0. The molecule has 0 aliphatic heterocycles. The molecule has 0 nitrogen and oxygen atoms in total. The molecule has 0 aliphatic carbocycles. The van der Waals surface area contributed by atoms with Gasteiger partial charge in [-0.25, -0.2) is 0 Å². The smallest absolute Gasteiger partial charge is 0 e. The van der Waals surface area contributed by atoms with E-state index in [0.717, 1.165) is 0 Å². The molecule has 20 valence electrons. The number of hydrogen-bond donors (Lipinski definition) is 0. The van der Waals surface area contributed by atoms with Crippen molar-refractivity contribution in [1.29, 1.82) is 0 Å². The largest absolute Gasteiger partial charge is 0 e. The van der Waals surface area contributed by atoms with Crippen LogP contribution in [0.3, 0.4) is 0 Å². The van der Waals surface area contributed by atoms with Gasteiger partial charge in [-0.1, -0.05) is 0 Å². The molecule has 4 heteroatoms. The zero-order valence-corrected chi connectivity index (χ0v) is 6.53. The average Bonchev–Trinajstić information content (AvgIpc) is 0. The van der Waals surface area contributed by atoms with Gasteiger partial charge in [-0.2, -0.15) is 0 Å². The molecular weight excluding hydrogens is 162 g/mol.